The van der Waals surface area contributed by atoms with Gasteiger partial charge < -0.3 is 20.5 Å². The van der Waals surface area contributed by atoms with Gasteiger partial charge in [0.15, 0.2) is 0 Å². The molecule has 1 aromatic rings. The summed E-state index contributed by atoms with van der Waals surface area (Å²) in [6.07, 6.45) is 0.608. The summed E-state index contributed by atoms with van der Waals surface area (Å²) in [4.78, 5) is 16.6. The van der Waals surface area contributed by atoms with Crippen LogP contribution in [-0.2, 0) is 14.3 Å². The summed E-state index contributed by atoms with van der Waals surface area (Å²) >= 11 is 1.73. The van der Waals surface area contributed by atoms with Gasteiger partial charge in [0.1, 0.15) is 5.54 Å². The Kier molecular flexibility index (Phi) is 6.04. The quantitative estimate of drug-likeness (QED) is 0.753. The number of morpholine rings is 1. The van der Waals surface area contributed by atoms with Crippen molar-refractivity contribution in [1.29, 1.82) is 0 Å². The van der Waals surface area contributed by atoms with Gasteiger partial charge >= 0.3 is 0 Å². The zero-order valence-electron chi connectivity index (χ0n) is 16.0. The first-order valence-electron chi connectivity index (χ1n) is 9.44. The molecule has 1 saturated heterocycles. The van der Waals surface area contributed by atoms with Gasteiger partial charge in [-0.25, -0.2) is 0 Å². The summed E-state index contributed by atoms with van der Waals surface area (Å²) in [5.74, 6) is -0.0757. The van der Waals surface area contributed by atoms with Crippen molar-refractivity contribution in [2.24, 2.45) is 11.1 Å². The highest BCUT2D eigenvalue weighted by Gasteiger charge is 2.62. The fraction of sp³-hybridized carbons (Fsp3) is 0.737. The summed E-state index contributed by atoms with van der Waals surface area (Å²) in [5.41, 5.74) is 5.26. The van der Waals surface area contributed by atoms with E-state index in [4.69, 9.17) is 15.2 Å². The molecule has 2 fully saturated rings. The van der Waals surface area contributed by atoms with Gasteiger partial charge in [0.05, 0.1) is 25.4 Å². The standard InChI is InChI=1S/C19H31N3O3S/c1-4-25-16-12-19(20,18(16,2)3)17(23)21-13-14(15-6-5-11-26-15)22-7-9-24-10-8-22/h5-6,11,14,16H,4,7-10,12-13,20H2,1-3H3,(H,21,23). The second kappa shape index (κ2) is 7.94. The summed E-state index contributed by atoms with van der Waals surface area (Å²) in [6, 6.07) is 4.35. The topological polar surface area (TPSA) is 76.8 Å². The molecule has 3 unspecified atom stereocenters. The highest BCUT2D eigenvalue weighted by Crippen LogP contribution is 2.49. The van der Waals surface area contributed by atoms with Crippen molar-refractivity contribution in [3.05, 3.63) is 22.4 Å². The van der Waals surface area contributed by atoms with Crippen molar-refractivity contribution in [2.45, 2.75) is 44.9 Å². The van der Waals surface area contributed by atoms with Crippen LogP contribution in [0.25, 0.3) is 0 Å². The molecular weight excluding hydrogens is 350 g/mol. The zero-order chi connectivity index (χ0) is 18.8. The van der Waals surface area contributed by atoms with Crippen molar-refractivity contribution in [2.75, 3.05) is 39.5 Å². The van der Waals surface area contributed by atoms with Crippen molar-refractivity contribution in [3.63, 3.8) is 0 Å². The Balaban J connectivity index is 1.64. The van der Waals surface area contributed by atoms with Gasteiger partial charge in [0, 0.05) is 43.0 Å². The van der Waals surface area contributed by atoms with Crippen molar-refractivity contribution in [1.82, 2.24) is 10.2 Å². The van der Waals surface area contributed by atoms with Crippen molar-refractivity contribution in [3.8, 4) is 0 Å². The molecule has 1 aliphatic heterocycles. The number of hydrogen-bond donors (Lipinski definition) is 2. The molecule has 3 N–H and O–H groups in total. The molecule has 3 atom stereocenters. The maximum absolute atomic E-state index is 12.9. The molecule has 3 rings (SSSR count). The SMILES string of the molecule is CCOC1CC(N)(C(=O)NCC(c2cccs2)N2CCOCC2)C1(C)C. The van der Waals surface area contributed by atoms with Crippen LogP contribution in [0.4, 0.5) is 0 Å². The Morgan fingerprint density at radius 3 is 2.81 bits per heavy atom. The molecule has 0 spiro atoms. The number of thiophene rings is 1. The largest absolute Gasteiger partial charge is 0.379 e. The molecule has 0 bridgehead atoms. The molecule has 1 amide bonds. The first kappa shape index (κ1) is 19.8. The number of nitrogens with one attached hydrogen (secondary N) is 1. The van der Waals surface area contributed by atoms with Gasteiger partial charge in [-0.2, -0.15) is 0 Å². The van der Waals surface area contributed by atoms with Crippen LogP contribution in [0.5, 0.6) is 0 Å². The van der Waals surface area contributed by atoms with E-state index in [0.29, 0.717) is 19.6 Å². The van der Waals surface area contributed by atoms with Gasteiger partial charge in [0.25, 0.3) is 0 Å². The predicted molar refractivity (Wildman–Crippen MR) is 103 cm³/mol. The number of amides is 1. The fourth-order valence-corrected chi connectivity index (χ4v) is 4.81. The highest BCUT2D eigenvalue weighted by atomic mass is 32.1. The first-order chi connectivity index (χ1) is 12.4. The average molecular weight is 382 g/mol. The third-order valence-corrected chi connectivity index (χ3v) is 7.02. The minimum atomic E-state index is -0.877. The van der Waals surface area contributed by atoms with Gasteiger partial charge in [-0.05, 0) is 18.4 Å². The average Bonchev–Trinajstić information content (AvgIpc) is 3.16. The van der Waals surface area contributed by atoms with Crippen molar-refractivity contribution < 1.29 is 14.3 Å². The molecule has 1 aromatic heterocycles. The van der Waals surface area contributed by atoms with Crippen LogP contribution in [0.3, 0.4) is 0 Å². The zero-order valence-corrected chi connectivity index (χ0v) is 16.8. The molecule has 1 aliphatic carbocycles. The molecule has 2 heterocycles. The second-order valence-corrected chi connectivity index (χ2v) is 8.71. The van der Waals surface area contributed by atoms with Crippen LogP contribution in [-0.4, -0.2) is 61.9 Å². The lowest BCUT2D eigenvalue weighted by Crippen LogP contribution is -2.76. The molecular formula is C19H31N3O3S. The summed E-state index contributed by atoms with van der Waals surface area (Å²) in [6.45, 7) is 10.5. The Morgan fingerprint density at radius 2 is 2.23 bits per heavy atom. The number of carbonyl (C=O) groups is 1. The van der Waals surface area contributed by atoms with Gasteiger partial charge in [-0.1, -0.05) is 19.9 Å². The number of hydrogen-bond acceptors (Lipinski definition) is 6. The molecule has 0 aromatic carbocycles. The van der Waals surface area contributed by atoms with Crippen LogP contribution in [0.2, 0.25) is 0 Å². The fourth-order valence-electron chi connectivity index (χ4n) is 3.95. The lowest BCUT2D eigenvalue weighted by molar-refractivity contribution is -0.170. The lowest BCUT2D eigenvalue weighted by atomic mass is 9.54. The predicted octanol–water partition coefficient (Wildman–Crippen LogP) is 1.77. The molecule has 2 aliphatic rings. The van der Waals surface area contributed by atoms with E-state index in [1.807, 2.05) is 20.8 Å². The minimum Gasteiger partial charge on any atom is -0.379 e. The van der Waals surface area contributed by atoms with E-state index in [2.05, 4.69) is 27.7 Å². The molecule has 146 valence electrons. The van der Waals surface area contributed by atoms with Crippen LogP contribution in [0.15, 0.2) is 17.5 Å². The van der Waals surface area contributed by atoms with E-state index in [1.165, 1.54) is 4.88 Å². The Morgan fingerprint density at radius 1 is 1.50 bits per heavy atom. The van der Waals surface area contributed by atoms with E-state index in [0.717, 1.165) is 26.3 Å². The number of nitrogens with two attached hydrogens (primary N) is 1. The van der Waals surface area contributed by atoms with Crippen LogP contribution < -0.4 is 11.1 Å². The Bertz CT molecular complexity index is 601. The smallest absolute Gasteiger partial charge is 0.240 e. The maximum atomic E-state index is 12.9. The monoisotopic (exact) mass is 381 g/mol. The van der Waals surface area contributed by atoms with E-state index >= 15 is 0 Å². The van der Waals surface area contributed by atoms with Gasteiger partial charge in [-0.3, -0.25) is 9.69 Å². The van der Waals surface area contributed by atoms with E-state index in [-0.39, 0.29) is 23.5 Å². The number of ether oxygens (including phenoxy) is 2. The Labute approximate surface area is 160 Å². The van der Waals surface area contributed by atoms with E-state index in [9.17, 15) is 4.79 Å². The molecule has 7 heteroatoms. The van der Waals surface area contributed by atoms with Crippen LogP contribution in [0.1, 0.15) is 38.1 Å². The van der Waals surface area contributed by atoms with Crippen LogP contribution in [0, 0.1) is 5.41 Å². The number of rotatable bonds is 7. The van der Waals surface area contributed by atoms with Gasteiger partial charge in [-0.15, -0.1) is 11.3 Å². The molecule has 1 saturated carbocycles. The number of nitrogens with zero attached hydrogens (tertiary/aromatic N) is 1. The third kappa shape index (κ3) is 3.55. The summed E-state index contributed by atoms with van der Waals surface area (Å²) in [7, 11) is 0. The van der Waals surface area contributed by atoms with E-state index in [1.54, 1.807) is 11.3 Å². The Hall–Kier alpha value is -0.990. The highest BCUT2D eigenvalue weighted by molar-refractivity contribution is 7.10. The summed E-state index contributed by atoms with van der Waals surface area (Å²) < 4.78 is 11.2. The molecule has 26 heavy (non-hydrogen) atoms. The minimum absolute atomic E-state index is 0.0376. The second-order valence-electron chi connectivity index (χ2n) is 7.73. The van der Waals surface area contributed by atoms with Crippen LogP contribution >= 0.6 is 11.3 Å². The normalized spacial score (nSPS) is 29.8. The third-order valence-electron chi connectivity index (χ3n) is 6.05. The summed E-state index contributed by atoms with van der Waals surface area (Å²) in [5, 5.41) is 5.21. The lowest BCUT2D eigenvalue weighted by Gasteiger charge is -2.57. The van der Waals surface area contributed by atoms with Gasteiger partial charge in [0.2, 0.25) is 5.91 Å². The van der Waals surface area contributed by atoms with E-state index < -0.39 is 5.54 Å². The maximum Gasteiger partial charge on any atom is 0.240 e. The van der Waals surface area contributed by atoms with Crippen molar-refractivity contribution >= 4 is 17.2 Å². The molecule has 6 nitrogen and oxygen atoms in total. The molecule has 0 radical (unpaired) electrons. The number of carbonyl (C=O) groups excluding carboxylic acids is 1. The first-order valence-corrected chi connectivity index (χ1v) is 10.3.